The molecule has 0 fully saturated rings. The second-order valence-corrected chi connectivity index (χ2v) is 33.0. The summed E-state index contributed by atoms with van der Waals surface area (Å²) in [5.74, 6) is -7.95. The van der Waals surface area contributed by atoms with Gasteiger partial charge in [0.25, 0.3) is 16.6 Å². The van der Waals surface area contributed by atoms with Gasteiger partial charge >= 0.3 is 53.7 Å². The van der Waals surface area contributed by atoms with Gasteiger partial charge in [0.2, 0.25) is 0 Å². The summed E-state index contributed by atoms with van der Waals surface area (Å²) in [4.78, 5) is 105. The second-order valence-electron chi connectivity index (χ2n) is 24.5. The first-order valence-corrected chi connectivity index (χ1v) is 35.1. The number of carboxylic acids is 2. The zero-order valence-electron chi connectivity index (χ0n) is 57.6. The molecule has 6 aromatic carbocycles. The number of ether oxygens (including phenoxy) is 7. The highest BCUT2D eigenvalue weighted by atomic mass is 28.4. The van der Waals surface area contributed by atoms with Gasteiger partial charge in [0, 0.05) is 0 Å². The van der Waals surface area contributed by atoms with Crippen LogP contribution >= 0.6 is 0 Å². The Morgan fingerprint density at radius 1 is 0.309 bits per heavy atom. The predicted octanol–water partition coefficient (Wildman–Crippen LogP) is 7.95. The third-order valence-electron chi connectivity index (χ3n) is 14.5. The van der Waals surface area contributed by atoms with Crippen LogP contribution in [-0.4, -0.2) is 146 Å². The van der Waals surface area contributed by atoms with Gasteiger partial charge in [0.05, 0.1) is 0 Å². The van der Waals surface area contributed by atoms with Crippen LogP contribution in [-0.2, 0) is 98.4 Å². The number of hydrogen-bond donors (Lipinski definition) is 4. The predicted molar refractivity (Wildman–Crippen MR) is 365 cm³/mol. The van der Waals surface area contributed by atoms with Gasteiger partial charge in [-0.15, -0.1) is 0 Å². The Morgan fingerprint density at radius 2 is 0.526 bits per heavy atom. The molecule has 4 N–H and O–H groups in total. The van der Waals surface area contributed by atoms with E-state index < -0.39 is 125 Å². The normalized spacial score (nSPS) is 14.1. The number of aliphatic hydroxyl groups is 2. The Kier molecular flexibility index (Phi) is 33.1. The van der Waals surface area contributed by atoms with Crippen LogP contribution in [0.1, 0.15) is 115 Å². The molecule has 0 saturated heterocycles. The van der Waals surface area contributed by atoms with Crippen LogP contribution in [0.5, 0.6) is 0 Å². The number of carbonyl (C=O) groups is 9. The van der Waals surface area contributed by atoms with E-state index in [4.69, 9.17) is 57.7 Å². The average Bonchev–Trinajstić information content (AvgIpc) is 0.753. The quantitative estimate of drug-likeness (QED) is 0.0227. The number of carbonyl (C=O) groups excluding carboxylic acids is 7. The number of aliphatic hydroxyl groups excluding tert-OH is 2. The summed E-state index contributed by atoms with van der Waals surface area (Å²) in [6.07, 6.45) is -10.5. The first kappa shape index (κ1) is 82.1. The van der Waals surface area contributed by atoms with Gasteiger partial charge in [0.1, 0.15) is 37.6 Å². The average molecular weight is 1380 g/mol. The number of esters is 7. The van der Waals surface area contributed by atoms with E-state index in [0.717, 1.165) is 31.9 Å². The monoisotopic (exact) mass is 1380 g/mol. The number of benzene rings is 6. The highest BCUT2D eigenvalue weighted by Crippen LogP contribution is 2.39. The van der Waals surface area contributed by atoms with Crippen molar-refractivity contribution in [1.29, 1.82) is 0 Å². The molecular formula is C73H92O22Si2. The summed E-state index contributed by atoms with van der Waals surface area (Å²) < 4.78 is 48.4. The number of rotatable bonds is 26. The Labute approximate surface area is 569 Å². The maximum absolute atomic E-state index is 13.2. The van der Waals surface area contributed by atoms with Crippen LogP contribution in [0.4, 0.5) is 0 Å². The fraction of sp³-hybridized carbons (Fsp3) is 0.384. The molecule has 0 bridgehead atoms. The van der Waals surface area contributed by atoms with Crippen LogP contribution in [0.25, 0.3) is 0 Å². The fourth-order valence-corrected chi connectivity index (χ4v) is 18.6. The van der Waals surface area contributed by atoms with Crippen molar-refractivity contribution in [3.63, 3.8) is 0 Å². The molecule has 0 amide bonds. The van der Waals surface area contributed by atoms with Crippen molar-refractivity contribution in [3.05, 3.63) is 193 Å². The standard InChI is InChI=1S/C32H38O7Si.C25H32O7Si.C10H12O3.C6H10O5/c1-23(29(33)36-22-26-16-10-7-11-17-26)37-30(34)24(2)38-31(35)25(3)39-40(32(4,5)6,27-18-12-8-13-19-27)28-20-14-9-15-21-28;1-17(22(26)27)30-23(28)18(2)31-24(29)19(3)32-33(25(4,5)6,20-13-9-7-10-14-20)21-15-11-8-12-16-21;1-8(11)10(12)13-7-9-5-3-2-4-6-9;1-3(7)6(10)11-4(2)5(8)9/h7-21,23-25H,22H2,1-6H3;7-19H,1-6H3,(H,26,27);2-6,8,11H,7H2,1H3;3-4,7H,1-2H3,(H,8,9)/t23-,24-,25+;17-,18-,19+;8-;3-,4+/m1100/s1. The SMILES string of the molecule is C[C@H](O)C(=O)OCc1ccccc1.C[C@H](O)C(=O)O[C@H](C)C(=O)O.C[C@H](O[Si](c1ccccc1)(c1ccccc1)C(C)(C)C)C(=O)O[C@H](C)C(=O)O[C@H](C)C(=O)O.C[C@H](O[Si](c1ccccc1)(c1ccccc1)C(C)(C)C)C(=O)O[C@H](C)C(=O)O[C@H](C)C(=O)OCc1ccccc1. The van der Waals surface area contributed by atoms with Crippen LogP contribution in [0, 0.1) is 0 Å². The lowest BCUT2D eigenvalue weighted by molar-refractivity contribution is -0.179. The van der Waals surface area contributed by atoms with Gasteiger partial charge < -0.3 is 62.4 Å². The van der Waals surface area contributed by atoms with Crippen molar-refractivity contribution >= 4 is 91.1 Å². The molecule has 22 nitrogen and oxygen atoms in total. The highest BCUT2D eigenvalue weighted by Gasteiger charge is 2.53. The Balaban J connectivity index is 0.000000381. The molecule has 0 spiro atoms. The molecular weight excluding hydrogens is 1280 g/mol. The summed E-state index contributed by atoms with van der Waals surface area (Å²) in [6.45, 7) is 25.3. The van der Waals surface area contributed by atoms with Gasteiger partial charge in [0.15, 0.2) is 30.5 Å². The van der Waals surface area contributed by atoms with Crippen LogP contribution < -0.4 is 20.7 Å². The molecule has 0 aliphatic carbocycles. The third-order valence-corrected chi connectivity index (χ3v) is 24.7. The Hall–Kier alpha value is -9.18. The molecule has 0 aliphatic rings. The van der Waals surface area contributed by atoms with Gasteiger partial charge in [-0.1, -0.05) is 224 Å². The lowest BCUT2D eigenvalue weighted by Crippen LogP contribution is -2.68. The second kappa shape index (κ2) is 39.1. The van der Waals surface area contributed by atoms with Crippen molar-refractivity contribution in [1.82, 2.24) is 0 Å². The lowest BCUT2D eigenvalue weighted by atomic mass is 10.2. The largest absolute Gasteiger partial charge is 0.479 e. The van der Waals surface area contributed by atoms with E-state index in [1.165, 1.54) is 48.5 Å². The zero-order chi connectivity index (χ0) is 72.8. The van der Waals surface area contributed by atoms with Crippen molar-refractivity contribution in [2.24, 2.45) is 0 Å². The van der Waals surface area contributed by atoms with Gasteiger partial charge in [-0.25, -0.2) is 43.2 Å². The molecule has 0 aromatic heterocycles. The maximum atomic E-state index is 13.2. The van der Waals surface area contributed by atoms with Crippen molar-refractivity contribution in [2.45, 2.75) is 182 Å². The summed E-state index contributed by atoms with van der Waals surface area (Å²) in [5.41, 5.74) is 1.73. The van der Waals surface area contributed by atoms with Crippen LogP contribution in [0.15, 0.2) is 182 Å². The lowest BCUT2D eigenvalue weighted by Gasteiger charge is -2.44. The topological polar surface area (TPSA) is 318 Å². The third kappa shape index (κ3) is 25.4. The minimum atomic E-state index is -3.01. The van der Waals surface area contributed by atoms with Crippen molar-refractivity contribution in [3.8, 4) is 0 Å². The molecule has 0 saturated carbocycles. The van der Waals surface area contributed by atoms with Crippen molar-refractivity contribution in [2.75, 3.05) is 0 Å². The molecule has 97 heavy (non-hydrogen) atoms. The smallest absolute Gasteiger partial charge is 0.347 e. The summed E-state index contributed by atoms with van der Waals surface area (Å²) >= 11 is 0. The molecule has 0 aliphatic heterocycles. The minimum Gasteiger partial charge on any atom is -0.479 e. The van der Waals surface area contributed by atoms with E-state index in [0.29, 0.717) is 0 Å². The molecule has 0 unspecified atom stereocenters. The number of carboxylic acid groups (broad SMARTS) is 2. The maximum Gasteiger partial charge on any atom is 0.347 e. The molecule has 0 heterocycles. The summed E-state index contributed by atoms with van der Waals surface area (Å²) in [5, 5.41) is 37.9. The van der Waals surface area contributed by atoms with E-state index in [-0.39, 0.29) is 23.3 Å². The Morgan fingerprint density at radius 3 is 0.773 bits per heavy atom. The molecule has 6 aromatic rings. The molecule has 24 heteroatoms. The molecule has 524 valence electrons. The fourth-order valence-electron chi connectivity index (χ4n) is 9.30. The van der Waals surface area contributed by atoms with E-state index in [2.05, 4.69) is 46.3 Å². The first-order valence-electron chi connectivity index (χ1n) is 31.3. The summed E-state index contributed by atoms with van der Waals surface area (Å²) in [7, 11) is -6.00. The summed E-state index contributed by atoms with van der Waals surface area (Å²) in [6, 6.07) is 58.0. The van der Waals surface area contributed by atoms with Gasteiger partial charge in [-0.3, -0.25) is 0 Å². The number of hydrogen-bond acceptors (Lipinski definition) is 20. The molecule has 0 radical (unpaired) electrons. The molecule has 6 rings (SSSR count). The van der Waals surface area contributed by atoms with E-state index >= 15 is 0 Å². The van der Waals surface area contributed by atoms with Crippen molar-refractivity contribution < 1.29 is 106 Å². The van der Waals surface area contributed by atoms with Gasteiger partial charge in [-0.05, 0) is 104 Å². The zero-order valence-corrected chi connectivity index (χ0v) is 59.6. The molecule has 9 atom stereocenters. The minimum absolute atomic E-state index is 0.0587. The Bertz CT molecular complexity index is 3360. The van der Waals surface area contributed by atoms with Crippen LogP contribution in [0.3, 0.4) is 0 Å². The van der Waals surface area contributed by atoms with E-state index in [1.807, 2.05) is 182 Å². The van der Waals surface area contributed by atoms with E-state index in [1.54, 1.807) is 13.8 Å². The van der Waals surface area contributed by atoms with Gasteiger partial charge in [-0.2, -0.15) is 0 Å². The number of aliphatic carboxylic acids is 2. The van der Waals surface area contributed by atoms with E-state index in [9.17, 15) is 43.2 Å². The first-order chi connectivity index (χ1) is 45.5. The van der Waals surface area contributed by atoms with Crippen LogP contribution in [0.2, 0.25) is 10.1 Å². The highest BCUT2D eigenvalue weighted by molar-refractivity contribution is 7.00.